The van der Waals surface area contributed by atoms with Gasteiger partial charge in [0.05, 0.1) is 12.9 Å². The molecule has 5 nitrogen and oxygen atoms in total. The first kappa shape index (κ1) is 15.8. The van der Waals surface area contributed by atoms with Gasteiger partial charge in [0.25, 0.3) is 0 Å². The Morgan fingerprint density at radius 1 is 1.27 bits per heavy atom. The fourth-order valence-electron chi connectivity index (χ4n) is 3.62. The molecule has 3 rings (SSSR count). The highest BCUT2D eigenvalue weighted by Crippen LogP contribution is 2.41. The Kier molecular flexibility index (Phi) is 4.18. The van der Waals surface area contributed by atoms with E-state index in [1.165, 1.54) is 5.56 Å². The summed E-state index contributed by atoms with van der Waals surface area (Å²) < 4.78 is 30.9. The molecular formula is C16H24N2O3S. The van der Waals surface area contributed by atoms with Crippen LogP contribution in [-0.4, -0.2) is 56.7 Å². The van der Waals surface area contributed by atoms with Crippen LogP contribution in [0.5, 0.6) is 5.75 Å². The lowest BCUT2D eigenvalue weighted by Crippen LogP contribution is -2.57. The molecule has 0 saturated carbocycles. The molecule has 122 valence electrons. The summed E-state index contributed by atoms with van der Waals surface area (Å²) in [5.41, 5.74) is 1.42. The fourth-order valence-corrected chi connectivity index (χ4v) is 4.82. The molecule has 1 aromatic carbocycles. The Morgan fingerprint density at radius 3 is 2.73 bits per heavy atom. The third kappa shape index (κ3) is 3.00. The molecule has 0 N–H and O–H groups in total. The normalized spacial score (nSPS) is 21.9. The summed E-state index contributed by atoms with van der Waals surface area (Å²) >= 11 is 0. The van der Waals surface area contributed by atoms with E-state index in [2.05, 4.69) is 17.0 Å². The van der Waals surface area contributed by atoms with Crippen LogP contribution in [0.3, 0.4) is 0 Å². The lowest BCUT2D eigenvalue weighted by Gasteiger charge is -2.48. The maximum Gasteiger partial charge on any atom is 0.213 e. The zero-order valence-electron chi connectivity index (χ0n) is 13.3. The van der Waals surface area contributed by atoms with Crippen molar-refractivity contribution >= 4 is 10.0 Å². The Hall–Kier alpha value is -1.11. The second kappa shape index (κ2) is 5.83. The van der Waals surface area contributed by atoms with Crippen LogP contribution in [0.2, 0.25) is 0 Å². The average molecular weight is 324 g/mol. The van der Waals surface area contributed by atoms with Crippen LogP contribution in [0, 0.1) is 5.41 Å². The molecule has 2 aliphatic rings. The van der Waals surface area contributed by atoms with E-state index in [1.807, 2.05) is 12.1 Å². The highest BCUT2D eigenvalue weighted by atomic mass is 32.2. The zero-order valence-corrected chi connectivity index (χ0v) is 14.1. The van der Waals surface area contributed by atoms with Crippen LogP contribution in [0.25, 0.3) is 0 Å². The Balaban J connectivity index is 1.56. The summed E-state index contributed by atoms with van der Waals surface area (Å²) in [6.45, 7) is 5.97. The molecule has 0 unspecified atom stereocenters. The second-order valence-electron chi connectivity index (χ2n) is 6.48. The van der Waals surface area contributed by atoms with Crippen LogP contribution in [-0.2, 0) is 16.6 Å². The quantitative estimate of drug-likeness (QED) is 0.825. The first-order chi connectivity index (χ1) is 10.5. The lowest BCUT2D eigenvalue weighted by molar-refractivity contribution is 0.00649. The smallest absolute Gasteiger partial charge is 0.213 e. The molecule has 2 aliphatic heterocycles. The summed E-state index contributed by atoms with van der Waals surface area (Å²) in [7, 11) is -1.35. The largest absolute Gasteiger partial charge is 0.497 e. The summed E-state index contributed by atoms with van der Waals surface area (Å²) in [6.07, 6.45) is 0.987. The number of benzene rings is 1. The SMILES string of the molecule is CCS(=O)(=O)N1CCC2(CN(Cc3cccc(OC)c3)C2)C1. The standard InChI is InChI=1S/C16H24N2O3S/c1-3-22(19,20)18-8-7-16(13-18)11-17(12-16)10-14-5-4-6-15(9-14)21-2/h4-6,9H,3,7-8,10-13H2,1-2H3. The molecule has 1 aromatic rings. The van der Waals surface area contributed by atoms with Gasteiger partial charge in [-0.3, -0.25) is 4.90 Å². The number of methoxy groups -OCH3 is 1. The summed E-state index contributed by atoms with van der Waals surface area (Å²) in [5, 5.41) is 0. The number of sulfonamides is 1. The maximum absolute atomic E-state index is 12.0. The molecule has 6 heteroatoms. The van der Waals surface area contributed by atoms with Crippen molar-refractivity contribution in [3.05, 3.63) is 29.8 Å². The first-order valence-corrected chi connectivity index (χ1v) is 9.40. The van der Waals surface area contributed by atoms with E-state index < -0.39 is 10.0 Å². The van der Waals surface area contributed by atoms with Crippen LogP contribution in [0.4, 0.5) is 0 Å². The van der Waals surface area contributed by atoms with Crippen molar-refractivity contribution in [3.8, 4) is 5.75 Å². The molecule has 0 amide bonds. The second-order valence-corrected chi connectivity index (χ2v) is 8.74. The van der Waals surface area contributed by atoms with Gasteiger partial charge in [-0.05, 0) is 31.0 Å². The number of nitrogens with zero attached hydrogens (tertiary/aromatic N) is 2. The van der Waals surface area contributed by atoms with Crippen molar-refractivity contribution in [2.45, 2.75) is 19.9 Å². The topological polar surface area (TPSA) is 49.9 Å². The average Bonchev–Trinajstić information content (AvgIpc) is 2.93. The summed E-state index contributed by atoms with van der Waals surface area (Å²) in [5.74, 6) is 1.09. The molecule has 2 saturated heterocycles. The number of rotatable bonds is 5. The van der Waals surface area contributed by atoms with E-state index in [-0.39, 0.29) is 11.2 Å². The highest BCUT2D eigenvalue weighted by Gasteiger charge is 2.49. The van der Waals surface area contributed by atoms with Crippen LogP contribution in [0.1, 0.15) is 18.9 Å². The van der Waals surface area contributed by atoms with Gasteiger partial charge in [0.2, 0.25) is 10.0 Å². The minimum Gasteiger partial charge on any atom is -0.497 e. The zero-order chi connectivity index (χ0) is 15.8. The monoisotopic (exact) mass is 324 g/mol. The third-order valence-electron chi connectivity index (χ3n) is 4.82. The molecule has 0 aromatic heterocycles. The number of hydrogen-bond acceptors (Lipinski definition) is 4. The van der Waals surface area contributed by atoms with E-state index in [4.69, 9.17) is 4.74 Å². The van der Waals surface area contributed by atoms with Crippen molar-refractivity contribution in [1.82, 2.24) is 9.21 Å². The van der Waals surface area contributed by atoms with Crippen LogP contribution < -0.4 is 4.74 Å². The molecule has 0 aliphatic carbocycles. The van der Waals surface area contributed by atoms with Gasteiger partial charge in [-0.1, -0.05) is 12.1 Å². The molecule has 1 spiro atoms. The molecule has 2 fully saturated rings. The minimum atomic E-state index is -3.03. The van der Waals surface area contributed by atoms with Gasteiger partial charge in [-0.25, -0.2) is 12.7 Å². The van der Waals surface area contributed by atoms with Gasteiger partial charge in [0, 0.05) is 38.1 Å². The van der Waals surface area contributed by atoms with Gasteiger partial charge >= 0.3 is 0 Å². The number of ether oxygens (including phenoxy) is 1. The lowest BCUT2D eigenvalue weighted by atomic mass is 9.79. The molecule has 22 heavy (non-hydrogen) atoms. The summed E-state index contributed by atoms with van der Waals surface area (Å²) in [6, 6.07) is 8.13. The predicted molar refractivity (Wildman–Crippen MR) is 86.4 cm³/mol. The Labute approximate surface area is 132 Å². The highest BCUT2D eigenvalue weighted by molar-refractivity contribution is 7.89. The van der Waals surface area contributed by atoms with Gasteiger partial charge in [-0.15, -0.1) is 0 Å². The van der Waals surface area contributed by atoms with Gasteiger partial charge < -0.3 is 4.74 Å². The van der Waals surface area contributed by atoms with Gasteiger partial charge in [-0.2, -0.15) is 0 Å². The van der Waals surface area contributed by atoms with E-state index in [9.17, 15) is 8.42 Å². The molecule has 0 atom stereocenters. The van der Waals surface area contributed by atoms with E-state index in [0.29, 0.717) is 13.1 Å². The van der Waals surface area contributed by atoms with Gasteiger partial charge in [0.1, 0.15) is 5.75 Å². The fraction of sp³-hybridized carbons (Fsp3) is 0.625. The van der Waals surface area contributed by atoms with Crippen LogP contribution >= 0.6 is 0 Å². The first-order valence-electron chi connectivity index (χ1n) is 7.79. The van der Waals surface area contributed by atoms with Crippen molar-refractivity contribution in [2.75, 3.05) is 39.0 Å². The Morgan fingerprint density at radius 2 is 2.05 bits per heavy atom. The predicted octanol–water partition coefficient (Wildman–Crippen LogP) is 1.55. The van der Waals surface area contributed by atoms with E-state index >= 15 is 0 Å². The Bertz CT molecular complexity index is 639. The maximum atomic E-state index is 12.0. The minimum absolute atomic E-state index is 0.182. The molecule has 0 radical (unpaired) electrons. The van der Waals surface area contributed by atoms with Crippen LogP contribution in [0.15, 0.2) is 24.3 Å². The van der Waals surface area contributed by atoms with Crippen molar-refractivity contribution in [1.29, 1.82) is 0 Å². The van der Waals surface area contributed by atoms with E-state index in [0.717, 1.165) is 31.8 Å². The van der Waals surface area contributed by atoms with Crippen molar-refractivity contribution in [3.63, 3.8) is 0 Å². The van der Waals surface area contributed by atoms with Gasteiger partial charge in [0.15, 0.2) is 0 Å². The van der Waals surface area contributed by atoms with E-state index in [1.54, 1.807) is 18.3 Å². The molecule has 0 bridgehead atoms. The molecule has 2 heterocycles. The van der Waals surface area contributed by atoms with Crippen molar-refractivity contribution < 1.29 is 13.2 Å². The molecular weight excluding hydrogens is 300 g/mol. The number of likely N-dealkylation sites (tertiary alicyclic amines) is 1. The summed E-state index contributed by atoms with van der Waals surface area (Å²) in [4.78, 5) is 2.39. The third-order valence-corrected chi connectivity index (χ3v) is 6.65. The van der Waals surface area contributed by atoms with Crippen molar-refractivity contribution in [2.24, 2.45) is 5.41 Å². The number of hydrogen-bond donors (Lipinski definition) is 0.